The summed E-state index contributed by atoms with van der Waals surface area (Å²) >= 11 is 1.25. The Morgan fingerprint density at radius 3 is 2.39 bits per heavy atom. The van der Waals surface area contributed by atoms with E-state index in [-0.39, 0.29) is 11.5 Å². The molecule has 6 nitrogen and oxygen atoms in total. The van der Waals surface area contributed by atoms with Crippen LogP contribution in [0.15, 0.2) is 83.4 Å². The van der Waals surface area contributed by atoms with Crippen molar-refractivity contribution in [3.63, 3.8) is 0 Å². The van der Waals surface area contributed by atoms with Gasteiger partial charge in [0.05, 0.1) is 11.9 Å². The third-order valence-electron chi connectivity index (χ3n) is 5.69. The Morgan fingerprint density at radius 1 is 1.06 bits per heavy atom. The number of nitrogens with zero attached hydrogens (tertiary/aromatic N) is 2. The lowest BCUT2D eigenvalue weighted by molar-refractivity contribution is -0.117. The van der Waals surface area contributed by atoms with Crippen molar-refractivity contribution in [2.24, 2.45) is 0 Å². The highest BCUT2D eigenvalue weighted by molar-refractivity contribution is 8.05. The van der Waals surface area contributed by atoms with E-state index in [4.69, 9.17) is 4.74 Å². The van der Waals surface area contributed by atoms with Crippen LogP contribution < -0.4 is 15.0 Å². The molecule has 182 valence electrons. The lowest BCUT2D eigenvalue weighted by atomic mass is 10.1. The number of nitrogens with one attached hydrogen (secondary N) is 1. The van der Waals surface area contributed by atoms with Gasteiger partial charge in [-0.2, -0.15) is 5.26 Å². The molecule has 0 aliphatic carbocycles. The number of carbonyl (C=O) groups is 2. The van der Waals surface area contributed by atoms with Gasteiger partial charge < -0.3 is 10.1 Å². The number of rotatable bonds is 7. The van der Waals surface area contributed by atoms with E-state index in [1.54, 1.807) is 30.3 Å². The number of anilines is 2. The van der Waals surface area contributed by atoms with E-state index in [0.717, 1.165) is 16.7 Å². The average molecular weight is 498 g/mol. The fourth-order valence-electron chi connectivity index (χ4n) is 4.05. The molecule has 1 aliphatic heterocycles. The van der Waals surface area contributed by atoms with E-state index in [2.05, 4.69) is 11.4 Å². The fraction of sp³-hybridized carbons (Fsp3) is 0.207. The molecule has 1 heterocycles. The molecule has 36 heavy (non-hydrogen) atoms. The van der Waals surface area contributed by atoms with Gasteiger partial charge in [0.15, 0.2) is 0 Å². The van der Waals surface area contributed by atoms with Gasteiger partial charge in [0, 0.05) is 11.4 Å². The molecule has 1 atom stereocenters. The first-order valence-electron chi connectivity index (χ1n) is 11.7. The van der Waals surface area contributed by atoms with Crippen molar-refractivity contribution in [2.45, 2.75) is 32.4 Å². The summed E-state index contributed by atoms with van der Waals surface area (Å²) in [5, 5.41) is 12.7. The molecular weight excluding hydrogens is 470 g/mol. The Morgan fingerprint density at radius 2 is 1.75 bits per heavy atom. The van der Waals surface area contributed by atoms with Crippen molar-refractivity contribution in [3.05, 3.63) is 100 Å². The average Bonchev–Trinajstić information content (AvgIpc) is 3.15. The molecule has 2 amide bonds. The highest BCUT2D eigenvalue weighted by Gasteiger charge is 2.40. The minimum absolute atomic E-state index is 0.101. The van der Waals surface area contributed by atoms with Crippen molar-refractivity contribution < 1.29 is 14.3 Å². The third kappa shape index (κ3) is 5.61. The second kappa shape index (κ2) is 11.1. The summed E-state index contributed by atoms with van der Waals surface area (Å²) in [6.45, 7) is 6.36. The van der Waals surface area contributed by atoms with E-state index in [1.807, 2.05) is 63.2 Å². The van der Waals surface area contributed by atoms with E-state index in [9.17, 15) is 14.9 Å². The monoisotopic (exact) mass is 497 g/mol. The van der Waals surface area contributed by atoms with E-state index >= 15 is 0 Å². The third-order valence-corrected chi connectivity index (χ3v) is 6.95. The zero-order valence-electron chi connectivity index (χ0n) is 20.4. The van der Waals surface area contributed by atoms with Crippen LogP contribution >= 0.6 is 11.8 Å². The van der Waals surface area contributed by atoms with Crippen LogP contribution in [-0.4, -0.2) is 23.7 Å². The molecule has 4 rings (SSSR count). The first-order valence-corrected chi connectivity index (χ1v) is 12.6. The van der Waals surface area contributed by atoms with Crippen molar-refractivity contribution in [1.29, 1.82) is 5.26 Å². The molecule has 3 aromatic carbocycles. The first kappa shape index (κ1) is 25.1. The Kier molecular flexibility index (Phi) is 7.77. The Bertz CT molecular complexity index is 1360. The lowest BCUT2D eigenvalue weighted by Crippen LogP contribution is -2.30. The molecule has 0 aromatic heterocycles. The second-order valence-corrected chi connectivity index (χ2v) is 9.71. The number of nitriles is 1. The van der Waals surface area contributed by atoms with Crippen molar-refractivity contribution >= 4 is 35.0 Å². The highest BCUT2D eigenvalue weighted by atomic mass is 32.2. The number of ether oxygens (including phenoxy) is 1. The van der Waals surface area contributed by atoms with Gasteiger partial charge in [-0.05, 0) is 74.7 Å². The molecule has 1 saturated heterocycles. The first-order chi connectivity index (χ1) is 17.4. The van der Waals surface area contributed by atoms with Crippen molar-refractivity contribution in [2.75, 3.05) is 16.8 Å². The van der Waals surface area contributed by atoms with Crippen LogP contribution in [0.4, 0.5) is 11.4 Å². The van der Waals surface area contributed by atoms with Gasteiger partial charge in [0.2, 0.25) is 5.91 Å². The molecule has 3 aromatic rings. The standard InChI is InChI=1S/C29H27N3O3S/c1-4-35-24-13-11-23(12-14-24)32-28(34)26(17-21-9-5-7-19(2)15-21)36-29(32)25(18-30)27(33)31-22-10-6-8-20(3)16-22/h5-16,26H,4,17H2,1-3H3,(H,31,33)/b29-25-. The number of aryl methyl sites for hydroxylation is 2. The van der Waals surface area contributed by atoms with Crippen LogP contribution in [0.1, 0.15) is 23.6 Å². The summed E-state index contributed by atoms with van der Waals surface area (Å²) in [5.41, 5.74) is 4.18. The summed E-state index contributed by atoms with van der Waals surface area (Å²) < 4.78 is 5.53. The number of hydrogen-bond acceptors (Lipinski definition) is 5. The largest absolute Gasteiger partial charge is 0.494 e. The molecule has 0 spiro atoms. The Hall–Kier alpha value is -4.02. The van der Waals surface area contributed by atoms with Gasteiger partial charge in [0.1, 0.15) is 22.4 Å². The molecule has 0 radical (unpaired) electrons. The quantitative estimate of drug-likeness (QED) is 0.331. The number of amides is 2. The number of hydrogen-bond donors (Lipinski definition) is 1. The maximum Gasteiger partial charge on any atom is 0.269 e. The van der Waals surface area contributed by atoms with Crippen molar-refractivity contribution in [1.82, 2.24) is 0 Å². The highest BCUT2D eigenvalue weighted by Crippen LogP contribution is 2.42. The summed E-state index contributed by atoms with van der Waals surface area (Å²) in [5.74, 6) is -0.0394. The molecule has 1 fully saturated rings. The normalized spacial score (nSPS) is 16.4. The van der Waals surface area contributed by atoms with Gasteiger partial charge in [0.25, 0.3) is 5.91 Å². The van der Waals surface area contributed by atoms with Gasteiger partial charge >= 0.3 is 0 Å². The van der Waals surface area contributed by atoms with Crippen LogP contribution in [0.3, 0.4) is 0 Å². The number of carbonyl (C=O) groups excluding carboxylic acids is 2. The van der Waals surface area contributed by atoms with Crippen LogP contribution in [0.25, 0.3) is 0 Å². The number of thioether (sulfide) groups is 1. The molecule has 1 unspecified atom stereocenters. The van der Waals surface area contributed by atoms with Gasteiger partial charge in [-0.1, -0.05) is 53.7 Å². The molecule has 7 heteroatoms. The summed E-state index contributed by atoms with van der Waals surface area (Å²) in [4.78, 5) is 28.4. The van der Waals surface area contributed by atoms with E-state index in [1.165, 1.54) is 16.7 Å². The molecule has 0 bridgehead atoms. The molecule has 1 aliphatic rings. The molecule has 1 N–H and O–H groups in total. The summed E-state index contributed by atoms with van der Waals surface area (Å²) in [7, 11) is 0. The van der Waals surface area contributed by atoms with Crippen LogP contribution in [0.2, 0.25) is 0 Å². The lowest BCUT2D eigenvalue weighted by Gasteiger charge is -2.19. The Labute approximate surface area is 215 Å². The smallest absolute Gasteiger partial charge is 0.269 e. The van der Waals surface area contributed by atoms with Crippen LogP contribution in [-0.2, 0) is 16.0 Å². The second-order valence-electron chi connectivity index (χ2n) is 8.52. The summed E-state index contributed by atoms with van der Waals surface area (Å²) in [6.07, 6.45) is 0.487. The summed E-state index contributed by atoms with van der Waals surface area (Å²) in [6, 6.07) is 24.5. The fourth-order valence-corrected chi connectivity index (χ4v) is 5.36. The Balaban J connectivity index is 1.72. The van der Waals surface area contributed by atoms with Crippen LogP contribution in [0.5, 0.6) is 5.75 Å². The van der Waals surface area contributed by atoms with Crippen LogP contribution in [0, 0.1) is 25.2 Å². The zero-order chi connectivity index (χ0) is 25.7. The SMILES string of the molecule is CCOc1ccc(N2C(=O)C(Cc3cccc(C)c3)S/C2=C(/C#N)C(=O)Nc2cccc(C)c2)cc1. The predicted octanol–water partition coefficient (Wildman–Crippen LogP) is 5.77. The maximum absolute atomic E-state index is 13.7. The van der Waals surface area contributed by atoms with Gasteiger partial charge in [-0.3, -0.25) is 14.5 Å². The zero-order valence-corrected chi connectivity index (χ0v) is 21.3. The van der Waals surface area contributed by atoms with E-state index in [0.29, 0.717) is 35.2 Å². The topological polar surface area (TPSA) is 82.4 Å². The van der Waals surface area contributed by atoms with Gasteiger partial charge in [-0.15, -0.1) is 0 Å². The predicted molar refractivity (Wildman–Crippen MR) is 144 cm³/mol. The van der Waals surface area contributed by atoms with Gasteiger partial charge in [-0.25, -0.2) is 0 Å². The minimum atomic E-state index is -0.550. The molecular formula is C29H27N3O3S. The maximum atomic E-state index is 13.7. The minimum Gasteiger partial charge on any atom is -0.494 e. The number of benzene rings is 3. The van der Waals surface area contributed by atoms with E-state index < -0.39 is 11.2 Å². The molecule has 0 saturated carbocycles. The van der Waals surface area contributed by atoms with Crippen molar-refractivity contribution in [3.8, 4) is 11.8 Å².